The van der Waals surface area contributed by atoms with Crippen molar-refractivity contribution in [1.82, 2.24) is 0 Å². The maximum absolute atomic E-state index is 5.94. The van der Waals surface area contributed by atoms with Gasteiger partial charge in [0.1, 0.15) is 0 Å². The summed E-state index contributed by atoms with van der Waals surface area (Å²) in [5, 5.41) is 2.93. The molecule has 0 atom stereocenters. The molecule has 256 valence electrons. The van der Waals surface area contributed by atoms with Crippen LogP contribution in [0.4, 0.5) is 0 Å². The minimum absolute atomic E-state index is 0.0380. The van der Waals surface area contributed by atoms with E-state index in [9.17, 15) is 0 Å². The molecular weight excluding hydrogens is 715 g/mol. The van der Waals surface area contributed by atoms with E-state index in [2.05, 4.69) is 149 Å². The normalized spacial score (nSPS) is 12.4. The van der Waals surface area contributed by atoms with Crippen LogP contribution in [0.15, 0.2) is 133 Å². The Morgan fingerprint density at radius 3 is 1.88 bits per heavy atom. The van der Waals surface area contributed by atoms with Gasteiger partial charge in [0.05, 0.1) is 0 Å². The van der Waals surface area contributed by atoms with Crippen LogP contribution >= 0.6 is 11.6 Å². The van der Waals surface area contributed by atoms with Crippen LogP contribution in [-0.4, -0.2) is 4.21 Å². The molecule has 2 heteroatoms. The quantitative estimate of drug-likeness (QED) is 0.154. The topological polar surface area (TPSA) is 0 Å². The SMILES string of the molecule is CC(C)(C)c1cc2c([c-]c1-c1ccccc1)Cc1cc(-c3ccccc3)c(C(C)(C)C)cc1-2.Clc1cccc2[c-]cccc12.[C-]1=CC=CC1.[CH2]=[Zr]. The summed E-state index contributed by atoms with van der Waals surface area (Å²) in [7, 11) is 0. The summed E-state index contributed by atoms with van der Waals surface area (Å²) in [4.78, 5) is 0. The van der Waals surface area contributed by atoms with E-state index in [1.165, 1.54) is 79.9 Å². The second kappa shape index (κ2) is 17.1. The zero-order valence-electron chi connectivity index (χ0n) is 30.7. The van der Waals surface area contributed by atoms with E-state index in [4.69, 9.17) is 11.6 Å². The van der Waals surface area contributed by atoms with Gasteiger partial charge in [-0.15, -0.1) is 77.0 Å². The fourth-order valence-corrected chi connectivity index (χ4v) is 6.79. The molecule has 0 spiro atoms. The van der Waals surface area contributed by atoms with Crippen LogP contribution in [0.2, 0.25) is 5.02 Å². The predicted octanol–water partition coefficient (Wildman–Crippen LogP) is 13.6. The summed E-state index contributed by atoms with van der Waals surface area (Å²) in [6.07, 6.45) is 10.9. The Hall–Kier alpha value is -3.90. The van der Waals surface area contributed by atoms with Gasteiger partial charge in [0.25, 0.3) is 0 Å². The van der Waals surface area contributed by atoms with Crippen LogP contribution in [0, 0.1) is 18.2 Å². The number of benzene rings is 6. The zero-order chi connectivity index (χ0) is 36.6. The number of halogens is 1. The van der Waals surface area contributed by atoms with Gasteiger partial charge >= 0.3 is 28.4 Å². The second-order valence-electron chi connectivity index (χ2n) is 14.8. The van der Waals surface area contributed by atoms with Crippen molar-refractivity contribution in [3.8, 4) is 33.4 Å². The third-order valence-electron chi connectivity index (χ3n) is 9.06. The number of fused-ring (bicyclic) bond motifs is 4. The molecule has 2 aliphatic rings. The Labute approximate surface area is 326 Å². The van der Waals surface area contributed by atoms with Crippen molar-refractivity contribution in [2.24, 2.45) is 0 Å². The molecule has 0 saturated heterocycles. The molecule has 0 amide bonds. The average molecular weight is 762 g/mol. The van der Waals surface area contributed by atoms with Gasteiger partial charge in [-0.2, -0.15) is 6.08 Å². The molecule has 0 aliphatic heterocycles. The van der Waals surface area contributed by atoms with Crippen molar-refractivity contribution in [2.45, 2.75) is 65.2 Å². The van der Waals surface area contributed by atoms with E-state index in [-0.39, 0.29) is 10.8 Å². The summed E-state index contributed by atoms with van der Waals surface area (Å²) in [6.45, 7) is 13.9. The fraction of sp³-hybridized carbons (Fsp3) is 0.204. The van der Waals surface area contributed by atoms with E-state index in [1.54, 1.807) is 0 Å². The number of hydrogen-bond acceptors (Lipinski definition) is 0. The van der Waals surface area contributed by atoms with Crippen LogP contribution in [0.1, 0.15) is 70.2 Å². The fourth-order valence-electron chi connectivity index (χ4n) is 6.56. The van der Waals surface area contributed by atoms with E-state index >= 15 is 0 Å². The monoisotopic (exact) mass is 759 g/mol. The molecule has 0 N–H and O–H groups in total. The van der Waals surface area contributed by atoms with Gasteiger partial charge in [0.15, 0.2) is 0 Å². The van der Waals surface area contributed by atoms with E-state index in [0.29, 0.717) is 0 Å². The van der Waals surface area contributed by atoms with Gasteiger partial charge < -0.3 is 0 Å². The van der Waals surface area contributed by atoms with Gasteiger partial charge in [-0.1, -0.05) is 154 Å². The van der Waals surface area contributed by atoms with Crippen molar-refractivity contribution in [3.63, 3.8) is 0 Å². The summed E-state index contributed by atoms with van der Waals surface area (Å²) in [6, 6.07) is 47.6. The molecular formula is C49H46ClZr-3. The summed E-state index contributed by atoms with van der Waals surface area (Å²) in [5.41, 5.74) is 13.5. The Balaban J connectivity index is 0.000000228. The van der Waals surface area contributed by atoms with Gasteiger partial charge in [-0.05, 0) is 39.5 Å². The molecule has 0 saturated carbocycles. The van der Waals surface area contributed by atoms with Gasteiger partial charge in [0, 0.05) is 5.02 Å². The number of allylic oxidation sites excluding steroid dienone is 4. The molecule has 8 rings (SSSR count). The van der Waals surface area contributed by atoms with E-state index in [1.807, 2.05) is 48.6 Å². The van der Waals surface area contributed by atoms with Gasteiger partial charge in [-0.25, -0.2) is 12.2 Å². The first-order valence-electron chi connectivity index (χ1n) is 17.5. The van der Waals surface area contributed by atoms with Gasteiger partial charge in [-0.3, -0.25) is 6.08 Å². The Kier molecular flexibility index (Phi) is 12.8. The first-order valence-corrected chi connectivity index (χ1v) is 19.6. The van der Waals surface area contributed by atoms with Crippen molar-refractivity contribution >= 4 is 26.6 Å². The standard InChI is InChI=1S/C33H33.C10H6Cl.C5H5.CH2.Zr/c1-32(2,3)30-20-26-24(18-28(30)22-13-9-7-10-14-22)17-25-19-29(23-15-11-8-12-16-23)31(21-27(25)26)33(4,5)6;11-10-7-3-5-8-4-1-2-6-9(8)10;1-2-4-5-3-1;;/h7-16,18,20-21H,17H2,1-6H3;1-3,5-7H;1-3H,4H2;1H2;/q3*-1;;. The summed E-state index contributed by atoms with van der Waals surface area (Å²) < 4.78 is 3.34. The molecule has 6 aromatic rings. The molecule has 51 heavy (non-hydrogen) atoms. The predicted molar refractivity (Wildman–Crippen MR) is 218 cm³/mol. The first kappa shape index (κ1) is 38.3. The average Bonchev–Trinajstić information content (AvgIpc) is 3.84. The van der Waals surface area contributed by atoms with E-state index < -0.39 is 0 Å². The molecule has 0 bridgehead atoms. The second-order valence-corrected chi connectivity index (χ2v) is 15.2. The van der Waals surface area contributed by atoms with Crippen molar-refractivity contribution < 1.29 is 24.2 Å². The minimum atomic E-state index is 0.0380. The third-order valence-corrected chi connectivity index (χ3v) is 9.39. The molecule has 0 heterocycles. The number of hydrogen-bond donors (Lipinski definition) is 0. The Bertz CT molecular complexity index is 2020. The Morgan fingerprint density at radius 2 is 1.31 bits per heavy atom. The van der Waals surface area contributed by atoms with E-state index in [0.717, 1.165) is 28.6 Å². The summed E-state index contributed by atoms with van der Waals surface area (Å²) >= 11 is 7.24. The molecule has 0 unspecified atom stereocenters. The maximum atomic E-state index is 5.94. The van der Waals surface area contributed by atoms with Crippen LogP contribution in [0.25, 0.3) is 44.2 Å². The van der Waals surface area contributed by atoms with Crippen molar-refractivity contribution in [3.05, 3.63) is 179 Å². The molecule has 0 radical (unpaired) electrons. The molecule has 2 aliphatic carbocycles. The summed E-state index contributed by atoms with van der Waals surface area (Å²) in [5.74, 6) is 0. The van der Waals surface area contributed by atoms with Crippen molar-refractivity contribution in [1.29, 1.82) is 0 Å². The zero-order valence-corrected chi connectivity index (χ0v) is 33.9. The van der Waals surface area contributed by atoms with Crippen LogP contribution < -0.4 is 0 Å². The molecule has 0 aromatic heterocycles. The third kappa shape index (κ3) is 9.32. The molecule has 6 aromatic carbocycles. The van der Waals surface area contributed by atoms with Crippen LogP contribution in [0.5, 0.6) is 0 Å². The van der Waals surface area contributed by atoms with Crippen molar-refractivity contribution in [2.75, 3.05) is 0 Å². The molecule has 0 nitrogen and oxygen atoms in total. The Morgan fingerprint density at radius 1 is 0.667 bits per heavy atom. The first-order chi connectivity index (χ1) is 24.5. The molecule has 0 fully saturated rings. The van der Waals surface area contributed by atoms with Gasteiger partial charge in [0.2, 0.25) is 0 Å². The number of rotatable bonds is 2. The van der Waals surface area contributed by atoms with Crippen LogP contribution in [-0.2, 0) is 41.5 Å². The van der Waals surface area contributed by atoms with Crippen LogP contribution in [0.3, 0.4) is 0 Å².